The number of nitriles is 2. The third kappa shape index (κ3) is 1.79. The van der Waals surface area contributed by atoms with Crippen LogP contribution in [0.1, 0.15) is 52.4 Å². The molecule has 19 heavy (non-hydrogen) atoms. The summed E-state index contributed by atoms with van der Waals surface area (Å²) in [4.78, 5) is 0. The summed E-state index contributed by atoms with van der Waals surface area (Å²) in [7, 11) is 0. The Morgan fingerprint density at radius 3 is 2.00 bits per heavy atom. The third-order valence-corrected chi connectivity index (χ3v) is 5.92. The van der Waals surface area contributed by atoms with Gasteiger partial charge in [0.2, 0.25) is 0 Å². The first-order valence-corrected chi connectivity index (χ1v) is 7.31. The second kappa shape index (κ2) is 3.74. The predicted octanol–water partition coefficient (Wildman–Crippen LogP) is 3.01. The molecule has 102 valence electrons. The van der Waals surface area contributed by atoms with Gasteiger partial charge in [0.1, 0.15) is 0 Å². The average Bonchev–Trinajstić information content (AvgIpc) is 2.24. The van der Waals surface area contributed by atoms with Crippen molar-refractivity contribution in [3.05, 3.63) is 0 Å². The van der Waals surface area contributed by atoms with Crippen molar-refractivity contribution in [1.82, 2.24) is 0 Å². The molecule has 0 saturated heterocycles. The molecule has 4 saturated carbocycles. The van der Waals surface area contributed by atoms with E-state index in [0.717, 1.165) is 19.3 Å². The molecule has 0 aromatic carbocycles. The summed E-state index contributed by atoms with van der Waals surface area (Å²) in [5.41, 5.74) is 0.518. The van der Waals surface area contributed by atoms with Gasteiger partial charge < -0.3 is 5.11 Å². The Morgan fingerprint density at radius 2 is 1.58 bits per heavy atom. The maximum atomic E-state index is 9.96. The van der Waals surface area contributed by atoms with E-state index < -0.39 is 12.0 Å². The fourth-order valence-corrected chi connectivity index (χ4v) is 6.50. The molecular weight excluding hydrogens is 236 g/mol. The van der Waals surface area contributed by atoms with E-state index in [1.807, 2.05) is 6.07 Å². The summed E-state index contributed by atoms with van der Waals surface area (Å²) < 4.78 is 0. The van der Waals surface area contributed by atoms with E-state index in [-0.39, 0.29) is 5.41 Å². The molecule has 0 heterocycles. The highest BCUT2D eigenvalue weighted by molar-refractivity contribution is 5.18. The minimum atomic E-state index is -1.13. The number of rotatable bonds is 2. The minimum Gasteiger partial charge on any atom is -0.377 e. The number of hydrogen-bond donors (Lipinski definition) is 1. The van der Waals surface area contributed by atoms with Gasteiger partial charge in [0.15, 0.2) is 6.10 Å². The Hall–Kier alpha value is -1.06. The first-order valence-electron chi connectivity index (χ1n) is 7.31. The van der Waals surface area contributed by atoms with Gasteiger partial charge in [-0.1, -0.05) is 13.8 Å². The van der Waals surface area contributed by atoms with Crippen molar-refractivity contribution in [2.75, 3.05) is 0 Å². The summed E-state index contributed by atoms with van der Waals surface area (Å²) >= 11 is 0. The van der Waals surface area contributed by atoms with Gasteiger partial charge in [-0.3, -0.25) is 0 Å². The van der Waals surface area contributed by atoms with Crippen molar-refractivity contribution in [3.63, 3.8) is 0 Å². The molecule has 0 amide bonds. The molecule has 6 atom stereocenters. The van der Waals surface area contributed by atoms with E-state index in [1.54, 1.807) is 0 Å². The number of hydrogen-bond acceptors (Lipinski definition) is 3. The maximum absolute atomic E-state index is 9.96. The molecule has 3 heteroatoms. The van der Waals surface area contributed by atoms with Gasteiger partial charge in [-0.05, 0) is 60.7 Å². The van der Waals surface area contributed by atoms with Crippen molar-refractivity contribution in [2.45, 2.75) is 58.5 Å². The highest BCUT2D eigenvalue weighted by Gasteiger charge is 2.63. The molecule has 4 rings (SSSR count). The molecule has 0 radical (unpaired) electrons. The van der Waals surface area contributed by atoms with E-state index in [0.29, 0.717) is 16.7 Å². The van der Waals surface area contributed by atoms with Gasteiger partial charge in [-0.15, -0.1) is 0 Å². The lowest BCUT2D eigenvalue weighted by Gasteiger charge is -2.66. The Morgan fingerprint density at radius 1 is 1.00 bits per heavy atom. The van der Waals surface area contributed by atoms with Gasteiger partial charge in [0.25, 0.3) is 0 Å². The fraction of sp³-hybridized carbons (Fsp3) is 0.875. The van der Waals surface area contributed by atoms with Crippen LogP contribution in [0.15, 0.2) is 0 Å². The molecule has 4 unspecified atom stereocenters. The van der Waals surface area contributed by atoms with Crippen LogP contribution in [0.3, 0.4) is 0 Å². The molecular formula is C16H22N2O. The summed E-state index contributed by atoms with van der Waals surface area (Å²) in [6.45, 7) is 4.69. The minimum absolute atomic E-state index is 0.118. The Bertz CT molecular complexity index is 468. The van der Waals surface area contributed by atoms with Crippen molar-refractivity contribution in [1.29, 1.82) is 10.5 Å². The summed E-state index contributed by atoms with van der Waals surface area (Å²) in [5, 5.41) is 28.5. The highest BCUT2D eigenvalue weighted by Crippen LogP contribution is 2.71. The molecule has 0 aromatic rings. The van der Waals surface area contributed by atoms with Gasteiger partial charge in [0.05, 0.1) is 18.1 Å². The quantitative estimate of drug-likeness (QED) is 0.774. The number of nitrogens with zero attached hydrogens (tertiary/aromatic N) is 2. The van der Waals surface area contributed by atoms with Crippen LogP contribution in [0.4, 0.5) is 0 Å². The molecule has 0 aliphatic heterocycles. The first kappa shape index (κ1) is 12.9. The molecule has 4 aliphatic carbocycles. The van der Waals surface area contributed by atoms with E-state index in [2.05, 4.69) is 19.9 Å². The highest BCUT2D eigenvalue weighted by atomic mass is 16.3. The van der Waals surface area contributed by atoms with Gasteiger partial charge in [0, 0.05) is 0 Å². The lowest BCUT2D eigenvalue weighted by Crippen LogP contribution is -2.58. The van der Waals surface area contributed by atoms with Gasteiger partial charge >= 0.3 is 0 Å². The molecule has 4 bridgehead atoms. The summed E-state index contributed by atoms with van der Waals surface area (Å²) in [6.07, 6.45) is 5.73. The zero-order chi connectivity index (χ0) is 13.9. The molecule has 4 aliphatic rings. The molecule has 4 fully saturated rings. The van der Waals surface area contributed by atoms with Crippen LogP contribution in [0, 0.1) is 50.7 Å². The van der Waals surface area contributed by atoms with Gasteiger partial charge in [-0.2, -0.15) is 10.5 Å². The Balaban J connectivity index is 2.01. The fourth-order valence-electron chi connectivity index (χ4n) is 6.50. The maximum Gasteiger partial charge on any atom is 0.156 e. The molecule has 3 nitrogen and oxygen atoms in total. The molecule has 0 aromatic heterocycles. The van der Waals surface area contributed by atoms with Crippen molar-refractivity contribution >= 4 is 0 Å². The van der Waals surface area contributed by atoms with E-state index in [1.165, 1.54) is 19.3 Å². The monoisotopic (exact) mass is 258 g/mol. The van der Waals surface area contributed by atoms with Crippen LogP contribution < -0.4 is 0 Å². The van der Waals surface area contributed by atoms with E-state index in [4.69, 9.17) is 5.26 Å². The lowest BCUT2D eigenvalue weighted by molar-refractivity contribution is -0.168. The van der Waals surface area contributed by atoms with Crippen LogP contribution in [-0.2, 0) is 0 Å². The summed E-state index contributed by atoms with van der Waals surface area (Å²) in [5.74, 6) is 0.174. The van der Waals surface area contributed by atoms with Gasteiger partial charge in [-0.25, -0.2) is 0 Å². The Labute approximate surface area is 115 Å². The normalized spacial score (nSPS) is 50.3. The van der Waals surface area contributed by atoms with E-state index >= 15 is 0 Å². The largest absolute Gasteiger partial charge is 0.377 e. The number of aliphatic hydroxyl groups excluding tert-OH is 1. The van der Waals surface area contributed by atoms with Crippen molar-refractivity contribution < 1.29 is 5.11 Å². The second-order valence-corrected chi connectivity index (χ2v) is 8.17. The molecule has 0 spiro atoms. The Kier molecular flexibility index (Phi) is 2.55. The van der Waals surface area contributed by atoms with Crippen molar-refractivity contribution in [2.24, 2.45) is 28.1 Å². The third-order valence-electron chi connectivity index (χ3n) is 5.92. The van der Waals surface area contributed by atoms with Crippen LogP contribution in [0.25, 0.3) is 0 Å². The zero-order valence-corrected chi connectivity index (χ0v) is 11.8. The second-order valence-electron chi connectivity index (χ2n) is 8.17. The standard InChI is InChI=1S/C16H22N2O/c1-14-3-11-4-15(2,8-14)10-16(5-11,9-14)12(6-17)13(19)7-18/h11-13,19H,3-5,8-10H2,1-2H3/t11?,12?,13?,14-,15+,16?. The SMILES string of the molecule is C[C@]12CC3CC(C(C#N)C(O)C#N)(C1)C[C@@](C)(C3)C2. The van der Waals surface area contributed by atoms with Crippen LogP contribution in [0.2, 0.25) is 0 Å². The van der Waals surface area contributed by atoms with Crippen LogP contribution >= 0.6 is 0 Å². The first-order chi connectivity index (χ1) is 8.84. The topological polar surface area (TPSA) is 67.8 Å². The van der Waals surface area contributed by atoms with Crippen LogP contribution in [0.5, 0.6) is 0 Å². The van der Waals surface area contributed by atoms with Crippen LogP contribution in [-0.4, -0.2) is 11.2 Å². The molecule has 1 N–H and O–H groups in total. The zero-order valence-electron chi connectivity index (χ0n) is 11.8. The predicted molar refractivity (Wildman–Crippen MR) is 70.6 cm³/mol. The van der Waals surface area contributed by atoms with Crippen molar-refractivity contribution in [3.8, 4) is 12.1 Å². The lowest BCUT2D eigenvalue weighted by atomic mass is 9.38. The number of aliphatic hydroxyl groups is 1. The summed E-state index contributed by atoms with van der Waals surface area (Å²) in [6, 6.07) is 4.17. The van der Waals surface area contributed by atoms with E-state index in [9.17, 15) is 10.4 Å². The average molecular weight is 258 g/mol. The smallest absolute Gasteiger partial charge is 0.156 e.